The third-order valence-corrected chi connectivity index (χ3v) is 3.73. The summed E-state index contributed by atoms with van der Waals surface area (Å²) in [7, 11) is 0. The van der Waals surface area contributed by atoms with Gasteiger partial charge in [-0.15, -0.1) is 0 Å². The number of ketones is 1. The molecule has 0 aliphatic rings. The second-order valence-corrected chi connectivity index (χ2v) is 6.72. The molecule has 0 unspecified atom stereocenters. The Morgan fingerprint density at radius 1 is 0.800 bits per heavy atom. The van der Waals surface area contributed by atoms with E-state index in [4.69, 9.17) is 0 Å². The van der Waals surface area contributed by atoms with Crippen LogP contribution in [0.3, 0.4) is 0 Å². The minimum absolute atomic E-state index is 0.405. The van der Waals surface area contributed by atoms with Crippen LogP contribution in [0.25, 0.3) is 0 Å². The molecule has 0 heterocycles. The van der Waals surface area contributed by atoms with E-state index in [9.17, 15) is 4.79 Å². The fraction of sp³-hybridized carbons (Fsp3) is 0.632. The Hall–Kier alpha value is -1.11. The van der Waals surface area contributed by atoms with E-state index >= 15 is 0 Å². The molecule has 0 aliphatic carbocycles. The summed E-state index contributed by atoms with van der Waals surface area (Å²) in [5.74, 6) is 1.79. The number of aryl methyl sites for hydroxylation is 2. The summed E-state index contributed by atoms with van der Waals surface area (Å²) >= 11 is 0. The highest BCUT2D eigenvalue weighted by Crippen LogP contribution is 2.13. The Balaban J connectivity index is 2.32. The SMILES string of the molecule is CC(C)CCC(=O)CCc1ccc(CCC(C)C)cc1. The van der Waals surface area contributed by atoms with Crippen molar-refractivity contribution >= 4 is 5.78 Å². The molecule has 1 nitrogen and oxygen atoms in total. The molecule has 0 fully saturated rings. The quantitative estimate of drug-likeness (QED) is 0.604. The van der Waals surface area contributed by atoms with Crippen LogP contribution >= 0.6 is 0 Å². The standard InChI is InChI=1S/C19H30O/c1-15(2)5-7-17-8-10-18(11-9-17)12-14-19(20)13-6-16(3)4/h8-11,15-16H,5-7,12-14H2,1-4H3. The van der Waals surface area contributed by atoms with Gasteiger partial charge in [0, 0.05) is 12.8 Å². The van der Waals surface area contributed by atoms with E-state index in [0.29, 0.717) is 18.1 Å². The minimum atomic E-state index is 0.405. The third kappa shape index (κ3) is 7.47. The van der Waals surface area contributed by atoms with Crippen LogP contribution in [0.5, 0.6) is 0 Å². The molecule has 0 aliphatic heterocycles. The second-order valence-electron chi connectivity index (χ2n) is 6.72. The molecule has 20 heavy (non-hydrogen) atoms. The van der Waals surface area contributed by atoms with E-state index in [2.05, 4.69) is 52.0 Å². The molecule has 0 spiro atoms. The van der Waals surface area contributed by atoms with Crippen molar-refractivity contribution < 1.29 is 4.79 Å². The molecule has 0 radical (unpaired) electrons. The van der Waals surface area contributed by atoms with Gasteiger partial charge in [-0.25, -0.2) is 0 Å². The number of Topliss-reactive ketones (excluding diaryl/α,β-unsaturated/α-hetero) is 1. The van der Waals surface area contributed by atoms with Gasteiger partial charge >= 0.3 is 0 Å². The van der Waals surface area contributed by atoms with Crippen LogP contribution in [0.2, 0.25) is 0 Å². The normalized spacial score (nSPS) is 11.3. The first kappa shape index (κ1) is 16.9. The van der Waals surface area contributed by atoms with Gasteiger partial charge in [0.2, 0.25) is 0 Å². The Morgan fingerprint density at radius 2 is 1.30 bits per heavy atom. The molecule has 1 aromatic rings. The molecule has 0 saturated carbocycles. The van der Waals surface area contributed by atoms with E-state index < -0.39 is 0 Å². The minimum Gasteiger partial charge on any atom is -0.300 e. The molecule has 1 rings (SSSR count). The summed E-state index contributed by atoms with van der Waals surface area (Å²) in [5.41, 5.74) is 2.70. The topological polar surface area (TPSA) is 17.1 Å². The largest absolute Gasteiger partial charge is 0.300 e. The van der Waals surface area contributed by atoms with Gasteiger partial charge < -0.3 is 0 Å². The molecule has 0 aromatic heterocycles. The van der Waals surface area contributed by atoms with Crippen molar-refractivity contribution in [1.82, 2.24) is 0 Å². The zero-order valence-corrected chi connectivity index (χ0v) is 13.6. The van der Waals surface area contributed by atoms with Crippen LogP contribution in [0.15, 0.2) is 24.3 Å². The van der Waals surface area contributed by atoms with Gasteiger partial charge in [0.25, 0.3) is 0 Å². The summed E-state index contributed by atoms with van der Waals surface area (Å²) in [6.45, 7) is 8.86. The highest BCUT2D eigenvalue weighted by atomic mass is 16.1. The van der Waals surface area contributed by atoms with Crippen LogP contribution in [-0.2, 0) is 17.6 Å². The smallest absolute Gasteiger partial charge is 0.133 e. The van der Waals surface area contributed by atoms with Gasteiger partial charge in [0.05, 0.1) is 0 Å². The van der Waals surface area contributed by atoms with Crippen molar-refractivity contribution in [2.24, 2.45) is 11.8 Å². The Labute approximate surface area is 124 Å². The lowest BCUT2D eigenvalue weighted by Gasteiger charge is -2.07. The van der Waals surface area contributed by atoms with E-state index in [-0.39, 0.29) is 0 Å². The van der Waals surface area contributed by atoms with Gasteiger partial charge in [-0.1, -0.05) is 52.0 Å². The summed E-state index contributed by atoms with van der Waals surface area (Å²) in [6.07, 6.45) is 5.74. The maximum absolute atomic E-state index is 11.8. The van der Waals surface area contributed by atoms with Crippen LogP contribution in [0, 0.1) is 11.8 Å². The highest BCUT2D eigenvalue weighted by molar-refractivity contribution is 5.78. The zero-order chi connectivity index (χ0) is 15.0. The van der Waals surface area contributed by atoms with Gasteiger partial charge in [0.15, 0.2) is 0 Å². The van der Waals surface area contributed by atoms with E-state index in [1.807, 2.05) is 0 Å². The van der Waals surface area contributed by atoms with Crippen molar-refractivity contribution in [1.29, 1.82) is 0 Å². The van der Waals surface area contributed by atoms with Crippen molar-refractivity contribution in [3.05, 3.63) is 35.4 Å². The van der Waals surface area contributed by atoms with Gasteiger partial charge in [-0.05, 0) is 48.6 Å². The second kappa shape index (κ2) is 8.94. The zero-order valence-electron chi connectivity index (χ0n) is 13.6. The molecule has 1 aromatic carbocycles. The highest BCUT2D eigenvalue weighted by Gasteiger charge is 2.05. The van der Waals surface area contributed by atoms with Crippen LogP contribution in [-0.4, -0.2) is 5.78 Å². The fourth-order valence-electron chi connectivity index (χ4n) is 2.19. The number of carbonyl (C=O) groups excluding carboxylic acids is 1. The average molecular weight is 274 g/mol. The molecule has 112 valence electrons. The van der Waals surface area contributed by atoms with Crippen LogP contribution in [0.4, 0.5) is 0 Å². The summed E-state index contributed by atoms with van der Waals surface area (Å²) < 4.78 is 0. The van der Waals surface area contributed by atoms with Crippen LogP contribution < -0.4 is 0 Å². The van der Waals surface area contributed by atoms with Crippen molar-refractivity contribution in [2.45, 2.75) is 66.2 Å². The summed E-state index contributed by atoms with van der Waals surface area (Å²) in [6, 6.07) is 8.81. The number of hydrogen-bond donors (Lipinski definition) is 0. The molecule has 1 heteroatoms. The third-order valence-electron chi connectivity index (χ3n) is 3.73. The molecule has 0 N–H and O–H groups in total. The summed E-state index contributed by atoms with van der Waals surface area (Å²) in [4.78, 5) is 11.8. The van der Waals surface area contributed by atoms with E-state index in [1.54, 1.807) is 0 Å². The number of benzene rings is 1. The lowest BCUT2D eigenvalue weighted by atomic mass is 9.99. The van der Waals surface area contributed by atoms with E-state index in [1.165, 1.54) is 17.5 Å². The number of carbonyl (C=O) groups is 1. The Bertz CT molecular complexity index is 387. The molecule has 0 bridgehead atoms. The van der Waals surface area contributed by atoms with Crippen LogP contribution in [0.1, 0.15) is 64.5 Å². The Morgan fingerprint density at radius 3 is 1.80 bits per heavy atom. The van der Waals surface area contributed by atoms with Crippen molar-refractivity contribution in [3.63, 3.8) is 0 Å². The van der Waals surface area contributed by atoms with Gasteiger partial charge in [-0.3, -0.25) is 4.79 Å². The Kier molecular flexibility index (Phi) is 7.58. The molecule has 0 amide bonds. The van der Waals surface area contributed by atoms with Gasteiger partial charge in [0.1, 0.15) is 5.78 Å². The molecule has 0 saturated heterocycles. The van der Waals surface area contributed by atoms with Gasteiger partial charge in [-0.2, -0.15) is 0 Å². The lowest BCUT2D eigenvalue weighted by Crippen LogP contribution is -2.02. The number of rotatable bonds is 9. The predicted molar refractivity (Wildman–Crippen MR) is 87.0 cm³/mol. The molecule has 0 atom stereocenters. The predicted octanol–water partition coefficient (Wildman–Crippen LogP) is 5.21. The monoisotopic (exact) mass is 274 g/mol. The van der Waals surface area contributed by atoms with Crippen molar-refractivity contribution in [3.8, 4) is 0 Å². The lowest BCUT2D eigenvalue weighted by molar-refractivity contribution is -0.119. The summed E-state index contributed by atoms with van der Waals surface area (Å²) in [5, 5.41) is 0. The average Bonchev–Trinajstić information content (AvgIpc) is 2.41. The van der Waals surface area contributed by atoms with Crippen molar-refractivity contribution in [2.75, 3.05) is 0 Å². The fourth-order valence-corrected chi connectivity index (χ4v) is 2.19. The first-order valence-electron chi connectivity index (χ1n) is 8.07. The maximum atomic E-state index is 11.8. The molecular formula is C19H30O. The molecular weight excluding hydrogens is 244 g/mol. The first-order chi connectivity index (χ1) is 9.47. The van der Waals surface area contributed by atoms with E-state index in [0.717, 1.165) is 31.6 Å². The maximum Gasteiger partial charge on any atom is 0.133 e. The first-order valence-corrected chi connectivity index (χ1v) is 8.07. The number of hydrogen-bond acceptors (Lipinski definition) is 1.